The van der Waals surface area contributed by atoms with E-state index in [1.165, 1.54) is 19.4 Å². The molecule has 4 nitrogen and oxygen atoms in total. The van der Waals surface area contributed by atoms with Crippen LogP contribution >= 0.6 is 0 Å². The van der Waals surface area contributed by atoms with E-state index in [0.717, 1.165) is 0 Å². The standard InChI is InChI=1S/C12H10O4/c1-15-12(14)9-5-2-4-8(11(9)13)10-6-3-7-16-10/h2-7,13H,1H3. The number of hydrogen-bond acceptors (Lipinski definition) is 4. The van der Waals surface area contributed by atoms with Crippen LogP contribution in [0, 0.1) is 0 Å². The summed E-state index contributed by atoms with van der Waals surface area (Å²) in [5, 5.41) is 9.90. The van der Waals surface area contributed by atoms with Crippen molar-refractivity contribution >= 4 is 5.97 Å². The van der Waals surface area contributed by atoms with E-state index in [2.05, 4.69) is 4.74 Å². The third-order valence-corrected chi connectivity index (χ3v) is 2.23. The van der Waals surface area contributed by atoms with Gasteiger partial charge < -0.3 is 14.3 Å². The van der Waals surface area contributed by atoms with E-state index in [0.29, 0.717) is 11.3 Å². The molecule has 1 aromatic carbocycles. The highest BCUT2D eigenvalue weighted by molar-refractivity contribution is 5.95. The molecule has 0 amide bonds. The number of furan rings is 1. The Bertz CT molecular complexity index is 500. The SMILES string of the molecule is COC(=O)c1cccc(-c2ccco2)c1O. The van der Waals surface area contributed by atoms with Crippen LogP contribution < -0.4 is 0 Å². The van der Waals surface area contributed by atoms with Gasteiger partial charge in [0.1, 0.15) is 17.1 Å². The van der Waals surface area contributed by atoms with Gasteiger partial charge in [-0.25, -0.2) is 4.79 Å². The summed E-state index contributed by atoms with van der Waals surface area (Å²) in [4.78, 5) is 11.3. The number of hydrogen-bond donors (Lipinski definition) is 1. The van der Waals surface area contributed by atoms with Gasteiger partial charge in [0.05, 0.1) is 18.9 Å². The number of phenolic OH excluding ortho intramolecular Hbond substituents is 1. The lowest BCUT2D eigenvalue weighted by Gasteiger charge is -2.05. The molecular formula is C12H10O4. The van der Waals surface area contributed by atoms with Crippen LogP contribution in [0.3, 0.4) is 0 Å². The van der Waals surface area contributed by atoms with Crippen molar-refractivity contribution in [3.8, 4) is 17.1 Å². The van der Waals surface area contributed by atoms with Crippen LogP contribution in [0.1, 0.15) is 10.4 Å². The number of carbonyl (C=O) groups excluding carboxylic acids is 1. The Morgan fingerprint density at radius 2 is 2.12 bits per heavy atom. The van der Waals surface area contributed by atoms with Gasteiger partial charge in [0.15, 0.2) is 0 Å². The lowest BCUT2D eigenvalue weighted by atomic mass is 10.1. The van der Waals surface area contributed by atoms with Crippen molar-refractivity contribution in [1.29, 1.82) is 0 Å². The van der Waals surface area contributed by atoms with Crippen molar-refractivity contribution < 1.29 is 19.1 Å². The smallest absolute Gasteiger partial charge is 0.341 e. The summed E-state index contributed by atoms with van der Waals surface area (Å²) in [7, 11) is 1.27. The molecule has 0 spiro atoms. The molecule has 1 heterocycles. The van der Waals surface area contributed by atoms with Crippen molar-refractivity contribution in [3.05, 3.63) is 42.2 Å². The molecule has 0 saturated heterocycles. The highest BCUT2D eigenvalue weighted by Gasteiger charge is 2.16. The second-order valence-electron chi connectivity index (χ2n) is 3.17. The Kier molecular flexibility index (Phi) is 2.64. The molecule has 1 aromatic heterocycles. The minimum absolute atomic E-state index is 0.122. The molecule has 0 bridgehead atoms. The predicted molar refractivity (Wildman–Crippen MR) is 57.1 cm³/mol. The first kappa shape index (κ1) is 10.3. The molecule has 0 saturated carbocycles. The van der Waals surface area contributed by atoms with Crippen molar-refractivity contribution in [2.75, 3.05) is 7.11 Å². The summed E-state index contributed by atoms with van der Waals surface area (Å²) >= 11 is 0. The van der Waals surface area contributed by atoms with Crippen molar-refractivity contribution in [2.45, 2.75) is 0 Å². The minimum atomic E-state index is -0.578. The van der Waals surface area contributed by atoms with E-state index in [1.54, 1.807) is 24.3 Å². The predicted octanol–water partition coefficient (Wildman–Crippen LogP) is 2.44. The van der Waals surface area contributed by atoms with Gasteiger partial charge in [0.2, 0.25) is 0 Å². The normalized spacial score (nSPS) is 10.1. The topological polar surface area (TPSA) is 59.7 Å². The summed E-state index contributed by atoms with van der Waals surface area (Å²) in [6.45, 7) is 0. The van der Waals surface area contributed by atoms with Gasteiger partial charge in [-0.05, 0) is 24.3 Å². The van der Waals surface area contributed by atoms with Crippen LogP contribution in [0.4, 0.5) is 0 Å². The number of esters is 1. The molecule has 1 N–H and O–H groups in total. The van der Waals surface area contributed by atoms with Crippen molar-refractivity contribution in [2.24, 2.45) is 0 Å². The van der Waals surface area contributed by atoms with Gasteiger partial charge in [-0.1, -0.05) is 6.07 Å². The zero-order chi connectivity index (χ0) is 11.5. The number of para-hydroxylation sites is 1. The van der Waals surface area contributed by atoms with E-state index in [4.69, 9.17) is 4.42 Å². The van der Waals surface area contributed by atoms with Gasteiger partial charge in [-0.3, -0.25) is 0 Å². The minimum Gasteiger partial charge on any atom is -0.506 e. The number of aromatic hydroxyl groups is 1. The largest absolute Gasteiger partial charge is 0.506 e. The fourth-order valence-electron chi connectivity index (χ4n) is 1.45. The molecule has 0 atom stereocenters. The first-order valence-electron chi connectivity index (χ1n) is 4.68. The molecule has 16 heavy (non-hydrogen) atoms. The van der Waals surface area contributed by atoms with Gasteiger partial charge in [0.25, 0.3) is 0 Å². The number of methoxy groups -OCH3 is 1. The Morgan fingerprint density at radius 1 is 1.31 bits per heavy atom. The summed E-state index contributed by atoms with van der Waals surface area (Å²) in [5.74, 6) is -0.210. The van der Waals surface area contributed by atoms with Crippen LogP contribution in [-0.2, 0) is 4.74 Å². The lowest BCUT2D eigenvalue weighted by Crippen LogP contribution is -2.01. The quantitative estimate of drug-likeness (QED) is 0.786. The molecule has 2 rings (SSSR count). The molecular weight excluding hydrogens is 208 g/mol. The molecule has 0 unspecified atom stereocenters. The van der Waals surface area contributed by atoms with Crippen LogP contribution in [-0.4, -0.2) is 18.2 Å². The van der Waals surface area contributed by atoms with E-state index >= 15 is 0 Å². The first-order valence-corrected chi connectivity index (χ1v) is 4.68. The maximum Gasteiger partial charge on any atom is 0.341 e. The molecule has 0 aliphatic rings. The summed E-state index contributed by atoms with van der Waals surface area (Å²) in [6, 6.07) is 8.23. The van der Waals surface area contributed by atoms with E-state index in [9.17, 15) is 9.90 Å². The fourth-order valence-corrected chi connectivity index (χ4v) is 1.45. The Morgan fingerprint density at radius 3 is 2.75 bits per heavy atom. The second-order valence-corrected chi connectivity index (χ2v) is 3.17. The third-order valence-electron chi connectivity index (χ3n) is 2.23. The molecule has 0 radical (unpaired) electrons. The van der Waals surface area contributed by atoms with Gasteiger partial charge >= 0.3 is 5.97 Å². The molecule has 0 aliphatic heterocycles. The van der Waals surface area contributed by atoms with Crippen LogP contribution in [0.15, 0.2) is 41.0 Å². The molecule has 2 aromatic rings. The van der Waals surface area contributed by atoms with E-state index in [-0.39, 0.29) is 11.3 Å². The lowest BCUT2D eigenvalue weighted by molar-refractivity contribution is 0.0597. The molecule has 4 heteroatoms. The van der Waals surface area contributed by atoms with Gasteiger partial charge in [-0.2, -0.15) is 0 Å². The number of ether oxygens (including phenoxy) is 1. The summed E-state index contributed by atoms with van der Waals surface area (Å²) < 4.78 is 9.72. The van der Waals surface area contributed by atoms with E-state index < -0.39 is 5.97 Å². The number of phenols is 1. The highest BCUT2D eigenvalue weighted by Crippen LogP contribution is 2.32. The third kappa shape index (κ3) is 1.65. The van der Waals surface area contributed by atoms with Crippen molar-refractivity contribution in [3.63, 3.8) is 0 Å². The zero-order valence-corrected chi connectivity index (χ0v) is 8.64. The van der Waals surface area contributed by atoms with Crippen LogP contribution in [0.5, 0.6) is 5.75 Å². The number of carbonyl (C=O) groups is 1. The van der Waals surface area contributed by atoms with Crippen LogP contribution in [0.25, 0.3) is 11.3 Å². The van der Waals surface area contributed by atoms with Crippen molar-refractivity contribution in [1.82, 2.24) is 0 Å². The molecule has 0 fully saturated rings. The first-order chi connectivity index (χ1) is 7.74. The molecule has 82 valence electrons. The Hall–Kier alpha value is -2.23. The Balaban J connectivity index is 2.53. The van der Waals surface area contributed by atoms with E-state index in [1.807, 2.05) is 0 Å². The highest BCUT2D eigenvalue weighted by atomic mass is 16.5. The fraction of sp³-hybridized carbons (Fsp3) is 0.0833. The average Bonchev–Trinajstić information content (AvgIpc) is 2.82. The number of rotatable bonds is 2. The maximum absolute atomic E-state index is 11.3. The van der Waals surface area contributed by atoms with Gasteiger partial charge in [-0.15, -0.1) is 0 Å². The second kappa shape index (κ2) is 4.10. The molecule has 0 aliphatic carbocycles. The monoisotopic (exact) mass is 218 g/mol. The number of benzene rings is 1. The van der Waals surface area contributed by atoms with Crippen LogP contribution in [0.2, 0.25) is 0 Å². The zero-order valence-electron chi connectivity index (χ0n) is 8.64. The maximum atomic E-state index is 11.3. The average molecular weight is 218 g/mol. The summed E-state index contributed by atoms with van der Waals surface area (Å²) in [6.07, 6.45) is 1.50. The Labute approximate surface area is 92.1 Å². The summed E-state index contributed by atoms with van der Waals surface area (Å²) in [5.41, 5.74) is 0.587. The van der Waals surface area contributed by atoms with Gasteiger partial charge in [0, 0.05) is 0 Å².